The quantitative estimate of drug-likeness (QED) is 0.0552. The van der Waals surface area contributed by atoms with E-state index in [-0.39, 0.29) is 30.2 Å². The number of aromatic amines is 1. The Kier molecular flexibility index (Phi) is 12.3. The van der Waals surface area contributed by atoms with Crippen LogP contribution in [-0.2, 0) is 25.6 Å². The van der Waals surface area contributed by atoms with Crippen molar-refractivity contribution < 1.29 is 33.3 Å². The number of halogens is 2. The number of rotatable bonds is 13. The Bertz CT molecular complexity index is 3310. The molecule has 2 aromatic carbocycles. The number of aliphatic hydroxyl groups is 2. The molecule has 2 aliphatic carbocycles. The molecule has 0 unspecified atom stereocenters. The fourth-order valence-corrected chi connectivity index (χ4v) is 10.2. The predicted molar refractivity (Wildman–Crippen MR) is 266 cm³/mol. The molecule has 8 aromatic rings. The average Bonchev–Trinajstić information content (AvgIpc) is 4.02. The average molecular weight is 975 g/mol. The minimum Gasteiger partial charge on any atom is -0.388 e. The number of fused-ring (bicyclic) bond motifs is 4. The predicted octanol–water partition coefficient (Wildman–Crippen LogP) is 7.93. The molecule has 2 aliphatic rings. The Balaban J connectivity index is 0.000000178. The third-order valence-electron chi connectivity index (χ3n) is 14.2. The molecule has 20 heteroatoms. The molecule has 0 bridgehead atoms. The molecule has 5 N–H and O–H groups in total. The van der Waals surface area contributed by atoms with Crippen molar-refractivity contribution in [1.29, 1.82) is 0 Å². The molecule has 2 fully saturated rings. The van der Waals surface area contributed by atoms with E-state index < -0.39 is 30.4 Å². The van der Waals surface area contributed by atoms with Gasteiger partial charge in [0, 0.05) is 51.9 Å². The Morgan fingerprint density at radius 3 is 1.76 bits per heavy atom. The second kappa shape index (κ2) is 17.7. The Hall–Kier alpha value is -6.48. The van der Waals surface area contributed by atoms with Crippen molar-refractivity contribution in [1.82, 2.24) is 59.7 Å². The molecule has 2 amide bonds. The zero-order chi connectivity index (χ0) is 50.1. The lowest BCUT2D eigenvalue weighted by Crippen LogP contribution is -2.65. The van der Waals surface area contributed by atoms with Crippen LogP contribution in [0.25, 0.3) is 66.9 Å². The number of nitrogens with zero attached hydrogens (tertiary/aromatic N) is 9. The highest BCUT2D eigenvalue weighted by Crippen LogP contribution is 2.42. The summed E-state index contributed by atoms with van der Waals surface area (Å²) in [6.07, 6.45) is 11.2. The van der Waals surface area contributed by atoms with Gasteiger partial charge in [0.2, 0.25) is 0 Å². The first-order valence-corrected chi connectivity index (χ1v) is 27.3. The molecule has 17 nitrogen and oxygen atoms in total. The number of hydrogen-bond donors (Lipinski definition) is 5. The lowest BCUT2D eigenvalue weighted by Gasteiger charge is -2.50. The van der Waals surface area contributed by atoms with Gasteiger partial charge in [0.15, 0.2) is 11.3 Å². The first-order chi connectivity index (χ1) is 33.0. The number of carbonyl (C=O) groups is 2. The summed E-state index contributed by atoms with van der Waals surface area (Å²) in [4.78, 5) is 48.4. The van der Waals surface area contributed by atoms with E-state index in [9.17, 15) is 28.6 Å². The molecule has 2 saturated carbocycles. The Morgan fingerprint density at radius 1 is 0.771 bits per heavy atom. The van der Waals surface area contributed by atoms with Crippen molar-refractivity contribution in [3.8, 4) is 22.8 Å². The van der Waals surface area contributed by atoms with Crippen molar-refractivity contribution >= 4 is 64.0 Å². The lowest BCUT2D eigenvalue weighted by atomic mass is 9.66. The van der Waals surface area contributed by atoms with Gasteiger partial charge in [-0.05, 0) is 109 Å². The molecule has 10 rings (SSSR count). The molecule has 70 heavy (non-hydrogen) atoms. The van der Waals surface area contributed by atoms with Gasteiger partial charge in [-0.2, -0.15) is 10.2 Å². The first kappa shape index (κ1) is 48.5. The number of amides is 2. The van der Waals surface area contributed by atoms with Gasteiger partial charge in [0.25, 0.3) is 11.8 Å². The van der Waals surface area contributed by atoms with Crippen molar-refractivity contribution in [2.45, 2.75) is 121 Å². The zero-order valence-electron chi connectivity index (χ0n) is 41.0. The van der Waals surface area contributed by atoms with Crippen LogP contribution in [0.5, 0.6) is 0 Å². The maximum atomic E-state index is 13.9. The van der Waals surface area contributed by atoms with Crippen LogP contribution in [0.2, 0.25) is 25.7 Å². The summed E-state index contributed by atoms with van der Waals surface area (Å²) < 4.78 is 38.5. The smallest absolute Gasteiger partial charge is 0.255 e. The van der Waals surface area contributed by atoms with E-state index in [0.29, 0.717) is 86.7 Å². The number of aromatic nitrogens is 10. The molecule has 0 aliphatic heterocycles. The number of nitrogens with one attached hydrogen (secondary N) is 3. The van der Waals surface area contributed by atoms with Gasteiger partial charge in [-0.25, -0.2) is 28.7 Å². The molecule has 0 spiro atoms. The number of hydrogen-bond acceptors (Lipinski definition) is 11. The molecular weight excluding hydrogens is 915 g/mol. The second-order valence-corrected chi connectivity index (χ2v) is 26.7. The van der Waals surface area contributed by atoms with Crippen LogP contribution in [0, 0.1) is 11.6 Å². The van der Waals surface area contributed by atoms with Crippen LogP contribution in [0.15, 0.2) is 61.2 Å². The molecule has 6 aromatic heterocycles. The van der Waals surface area contributed by atoms with Gasteiger partial charge < -0.3 is 35.1 Å². The highest BCUT2D eigenvalue weighted by Gasteiger charge is 2.51. The molecular formula is C50H60F2N12O5Si. The Morgan fingerprint density at radius 2 is 1.27 bits per heavy atom. The van der Waals surface area contributed by atoms with Crippen molar-refractivity contribution in [2.24, 2.45) is 14.1 Å². The number of ether oxygens (including phenoxy) is 1. The summed E-state index contributed by atoms with van der Waals surface area (Å²) >= 11 is 0. The summed E-state index contributed by atoms with van der Waals surface area (Å²) in [6.45, 7) is 14.7. The summed E-state index contributed by atoms with van der Waals surface area (Å²) in [7, 11) is 2.23. The Labute approximate surface area is 404 Å². The van der Waals surface area contributed by atoms with Crippen molar-refractivity contribution in [2.75, 3.05) is 6.61 Å². The largest absolute Gasteiger partial charge is 0.388 e. The highest BCUT2D eigenvalue weighted by molar-refractivity contribution is 6.76. The lowest BCUT2D eigenvalue weighted by molar-refractivity contribution is -0.0581. The maximum Gasteiger partial charge on any atom is 0.255 e. The van der Waals surface area contributed by atoms with E-state index in [1.54, 1.807) is 92.6 Å². The topological polar surface area (TPSA) is 216 Å². The van der Waals surface area contributed by atoms with Gasteiger partial charge in [0.1, 0.15) is 52.2 Å². The molecule has 0 radical (unpaired) electrons. The number of carbonyl (C=O) groups excluding carboxylic acids is 2. The number of benzene rings is 2. The summed E-state index contributed by atoms with van der Waals surface area (Å²) in [5.74, 6) is -1.32. The fraction of sp³-hybridized carbons (Fsp3) is 0.440. The zero-order valence-corrected chi connectivity index (χ0v) is 42.0. The molecule has 0 atom stereocenters. The second-order valence-electron chi connectivity index (χ2n) is 21.1. The van der Waals surface area contributed by atoms with Crippen LogP contribution in [0.1, 0.15) is 86.9 Å². The van der Waals surface area contributed by atoms with Crippen LogP contribution < -0.4 is 10.6 Å². The standard InChI is InChI=1S/C28H37FN6O3Si.C22H23FN6O2/c1-27(2,37)28(10-7-11-28)32-26(36)20-16-35(17-38-12-13-39(4,5)6)25-24(20)31-21(15-30-25)23-19-9-8-18(29)14-22(19)34(3)33-23;1-21(2,31)22(7-4-8-22)27-20(30)14-10-24-19-18(14)26-15(11-25-19)17-13-6-5-12(23)9-16(13)29(3)28-17/h8-9,14-16,37H,7,10-13,17H2,1-6H3,(H,32,36);5-6,9-11,31H,4,7-8H2,1-3H3,(H,24,25)(H,27,30). The van der Waals surface area contributed by atoms with Gasteiger partial charge in [-0.15, -0.1) is 0 Å². The van der Waals surface area contributed by atoms with Gasteiger partial charge in [-0.1, -0.05) is 19.6 Å². The fourth-order valence-electron chi connectivity index (χ4n) is 9.40. The maximum absolute atomic E-state index is 13.9. The number of aryl methyl sites for hydroxylation is 2. The van der Waals surface area contributed by atoms with Gasteiger partial charge in [0.05, 0.1) is 56.8 Å². The summed E-state index contributed by atoms with van der Waals surface area (Å²) in [6, 6.07) is 9.98. The molecule has 6 heterocycles. The van der Waals surface area contributed by atoms with Crippen molar-refractivity contribution in [3.05, 3.63) is 83.9 Å². The van der Waals surface area contributed by atoms with E-state index in [0.717, 1.165) is 42.5 Å². The third-order valence-corrected chi connectivity index (χ3v) is 15.9. The van der Waals surface area contributed by atoms with Gasteiger partial charge in [-0.3, -0.25) is 19.0 Å². The van der Waals surface area contributed by atoms with Crippen LogP contribution in [0.3, 0.4) is 0 Å². The van der Waals surface area contributed by atoms with Crippen LogP contribution in [0.4, 0.5) is 8.78 Å². The third kappa shape index (κ3) is 8.97. The minimum absolute atomic E-state index is 0.241. The highest BCUT2D eigenvalue weighted by atomic mass is 28.3. The van der Waals surface area contributed by atoms with E-state index >= 15 is 0 Å². The normalized spacial score (nSPS) is 15.7. The van der Waals surface area contributed by atoms with E-state index in [2.05, 4.69) is 60.4 Å². The number of H-pyrrole nitrogens is 1. The van der Waals surface area contributed by atoms with E-state index in [4.69, 9.17) is 9.72 Å². The minimum atomic E-state index is -1.26. The molecule has 0 saturated heterocycles. The van der Waals surface area contributed by atoms with E-state index in [1.807, 2.05) is 0 Å². The van der Waals surface area contributed by atoms with Crippen molar-refractivity contribution in [3.63, 3.8) is 0 Å². The van der Waals surface area contributed by atoms with Crippen LogP contribution in [-0.4, -0.2) is 108 Å². The van der Waals surface area contributed by atoms with E-state index in [1.165, 1.54) is 24.3 Å². The molecule has 368 valence electrons. The van der Waals surface area contributed by atoms with Gasteiger partial charge >= 0.3 is 0 Å². The summed E-state index contributed by atoms with van der Waals surface area (Å²) in [5.41, 5.74) is 2.45. The summed E-state index contributed by atoms with van der Waals surface area (Å²) in [5, 5.41) is 38.1. The first-order valence-electron chi connectivity index (χ1n) is 23.6. The van der Waals surface area contributed by atoms with Crippen LogP contribution >= 0.6 is 0 Å². The SMILES string of the molecule is Cn1nc(-c2cnc3[nH]cc(C(=O)NC4(C(C)(C)O)CCC4)c3n2)c2ccc(F)cc21.Cn1nc(-c2cnc3c(n2)c(C(=O)NC2(C(C)(C)O)CCC2)cn3COCC[Si](C)(C)C)c2ccc(F)cc21. The monoisotopic (exact) mass is 974 g/mol.